The van der Waals surface area contributed by atoms with Crippen molar-refractivity contribution in [3.63, 3.8) is 0 Å². The number of nitrogens with zero attached hydrogens (tertiary/aromatic N) is 2. The van der Waals surface area contributed by atoms with Crippen LogP contribution in [-0.2, 0) is 0 Å². The van der Waals surface area contributed by atoms with Crippen LogP contribution >= 0.6 is 0 Å². The number of hydrogen-bond donors (Lipinski definition) is 1. The van der Waals surface area contributed by atoms with Crippen LogP contribution in [0.2, 0.25) is 0 Å². The lowest BCUT2D eigenvalue weighted by atomic mass is 9.83. The van der Waals surface area contributed by atoms with Crippen molar-refractivity contribution in [2.45, 2.75) is 51.9 Å². The van der Waals surface area contributed by atoms with Crippen molar-refractivity contribution in [2.75, 3.05) is 52.4 Å². The molecule has 0 amide bonds. The van der Waals surface area contributed by atoms with E-state index < -0.39 is 0 Å². The summed E-state index contributed by atoms with van der Waals surface area (Å²) in [5.74, 6) is 3.03. The minimum absolute atomic E-state index is 0.976. The molecular formula is C19H37N3. The first-order valence-corrected chi connectivity index (χ1v) is 9.99. The van der Waals surface area contributed by atoms with E-state index in [1.165, 1.54) is 97.3 Å². The molecule has 3 heterocycles. The Morgan fingerprint density at radius 3 is 1.91 bits per heavy atom. The lowest BCUT2D eigenvalue weighted by Crippen LogP contribution is -2.41. The number of rotatable bonds is 5. The Balaban J connectivity index is 1.32. The first kappa shape index (κ1) is 16.7. The van der Waals surface area contributed by atoms with Gasteiger partial charge in [0.2, 0.25) is 0 Å². The molecule has 3 aliphatic rings. The quantitative estimate of drug-likeness (QED) is 0.842. The molecule has 0 atom stereocenters. The van der Waals surface area contributed by atoms with Crippen LogP contribution in [0.15, 0.2) is 0 Å². The predicted molar refractivity (Wildman–Crippen MR) is 94.2 cm³/mol. The monoisotopic (exact) mass is 307 g/mol. The van der Waals surface area contributed by atoms with Gasteiger partial charge < -0.3 is 15.1 Å². The second kappa shape index (κ2) is 8.65. The molecule has 128 valence electrons. The fourth-order valence-corrected chi connectivity index (χ4v) is 4.84. The van der Waals surface area contributed by atoms with Crippen LogP contribution < -0.4 is 5.32 Å². The van der Waals surface area contributed by atoms with Crippen molar-refractivity contribution >= 4 is 0 Å². The second-order valence-electron chi connectivity index (χ2n) is 8.05. The molecule has 3 rings (SSSR count). The molecule has 0 aromatic heterocycles. The molecule has 0 unspecified atom stereocenters. The maximum atomic E-state index is 3.50. The maximum absolute atomic E-state index is 3.50. The van der Waals surface area contributed by atoms with E-state index in [-0.39, 0.29) is 0 Å². The summed E-state index contributed by atoms with van der Waals surface area (Å²) in [6.45, 7) is 12.9. The normalized spacial score (nSPS) is 28.2. The standard InChI is InChI=1S/C19H37N3/c1-2-21-11-7-19(8-12-21)16-22-13-5-18(6-14-22)15-17-3-9-20-10-4-17/h17-20H,2-16H2,1H3. The number of nitrogens with one attached hydrogen (secondary N) is 1. The van der Waals surface area contributed by atoms with E-state index in [9.17, 15) is 0 Å². The minimum Gasteiger partial charge on any atom is -0.317 e. The molecule has 0 spiro atoms. The maximum Gasteiger partial charge on any atom is 0.00106 e. The lowest BCUT2D eigenvalue weighted by Gasteiger charge is -2.38. The van der Waals surface area contributed by atoms with E-state index in [4.69, 9.17) is 0 Å². The van der Waals surface area contributed by atoms with E-state index >= 15 is 0 Å². The second-order valence-corrected chi connectivity index (χ2v) is 8.05. The summed E-state index contributed by atoms with van der Waals surface area (Å²) < 4.78 is 0. The van der Waals surface area contributed by atoms with Gasteiger partial charge in [0, 0.05) is 6.54 Å². The minimum atomic E-state index is 0.976. The van der Waals surface area contributed by atoms with Gasteiger partial charge in [-0.1, -0.05) is 6.92 Å². The summed E-state index contributed by atoms with van der Waals surface area (Å²) in [6, 6.07) is 0. The molecule has 0 saturated carbocycles. The van der Waals surface area contributed by atoms with Crippen LogP contribution in [0, 0.1) is 17.8 Å². The summed E-state index contributed by atoms with van der Waals surface area (Å²) in [5, 5.41) is 3.50. The molecule has 3 nitrogen and oxygen atoms in total. The molecule has 0 bridgehead atoms. The van der Waals surface area contributed by atoms with Crippen LogP contribution in [0.25, 0.3) is 0 Å². The zero-order chi connectivity index (χ0) is 15.2. The average Bonchev–Trinajstić information content (AvgIpc) is 2.58. The topological polar surface area (TPSA) is 18.5 Å². The van der Waals surface area contributed by atoms with E-state index in [1.54, 1.807) is 0 Å². The molecule has 1 N–H and O–H groups in total. The van der Waals surface area contributed by atoms with E-state index in [0.29, 0.717) is 0 Å². The lowest BCUT2D eigenvalue weighted by molar-refractivity contribution is 0.112. The third kappa shape index (κ3) is 4.94. The van der Waals surface area contributed by atoms with Gasteiger partial charge in [0.1, 0.15) is 0 Å². The highest BCUT2D eigenvalue weighted by molar-refractivity contribution is 4.80. The van der Waals surface area contributed by atoms with Crippen molar-refractivity contribution in [2.24, 2.45) is 17.8 Å². The van der Waals surface area contributed by atoms with E-state index in [2.05, 4.69) is 22.0 Å². The third-order valence-corrected chi connectivity index (χ3v) is 6.50. The SMILES string of the molecule is CCN1CCC(CN2CCC(CC3CCNCC3)CC2)CC1. The van der Waals surface area contributed by atoms with Crippen molar-refractivity contribution in [3.05, 3.63) is 0 Å². The molecule has 3 fully saturated rings. The van der Waals surface area contributed by atoms with Crippen molar-refractivity contribution in [1.29, 1.82) is 0 Å². The third-order valence-electron chi connectivity index (χ3n) is 6.50. The van der Waals surface area contributed by atoms with E-state index in [0.717, 1.165) is 17.8 Å². The molecule has 0 aliphatic carbocycles. The highest BCUT2D eigenvalue weighted by atomic mass is 15.1. The largest absolute Gasteiger partial charge is 0.317 e. The molecule has 22 heavy (non-hydrogen) atoms. The molecule has 0 radical (unpaired) electrons. The number of likely N-dealkylation sites (tertiary alicyclic amines) is 2. The Hall–Kier alpha value is -0.120. The predicted octanol–water partition coefficient (Wildman–Crippen LogP) is 2.82. The van der Waals surface area contributed by atoms with Crippen LogP contribution in [0.1, 0.15) is 51.9 Å². The molecular weight excluding hydrogens is 270 g/mol. The molecule has 0 aromatic rings. The Kier molecular flexibility index (Phi) is 6.58. The van der Waals surface area contributed by atoms with Gasteiger partial charge in [-0.15, -0.1) is 0 Å². The highest BCUT2D eigenvalue weighted by Crippen LogP contribution is 2.29. The zero-order valence-corrected chi connectivity index (χ0v) is 14.7. The van der Waals surface area contributed by atoms with Crippen LogP contribution in [0.3, 0.4) is 0 Å². The van der Waals surface area contributed by atoms with Gasteiger partial charge >= 0.3 is 0 Å². The Morgan fingerprint density at radius 1 is 0.727 bits per heavy atom. The molecule has 3 aliphatic heterocycles. The van der Waals surface area contributed by atoms with Gasteiger partial charge in [0.25, 0.3) is 0 Å². The van der Waals surface area contributed by atoms with E-state index in [1.807, 2.05) is 0 Å². The van der Waals surface area contributed by atoms with Gasteiger partial charge in [0.05, 0.1) is 0 Å². The number of hydrogen-bond acceptors (Lipinski definition) is 3. The summed E-state index contributed by atoms with van der Waals surface area (Å²) in [5.41, 5.74) is 0. The summed E-state index contributed by atoms with van der Waals surface area (Å²) in [7, 11) is 0. The Morgan fingerprint density at radius 2 is 1.27 bits per heavy atom. The zero-order valence-electron chi connectivity index (χ0n) is 14.7. The van der Waals surface area contributed by atoms with Crippen molar-refractivity contribution < 1.29 is 0 Å². The van der Waals surface area contributed by atoms with Crippen molar-refractivity contribution in [1.82, 2.24) is 15.1 Å². The first-order valence-electron chi connectivity index (χ1n) is 9.99. The Labute approximate surface area is 137 Å². The molecule has 3 saturated heterocycles. The van der Waals surface area contributed by atoms with Gasteiger partial charge in [-0.05, 0) is 109 Å². The fraction of sp³-hybridized carbons (Fsp3) is 1.00. The average molecular weight is 308 g/mol. The molecule has 3 heteroatoms. The smallest absolute Gasteiger partial charge is 0.00106 e. The Bertz CT molecular complexity index is 298. The van der Waals surface area contributed by atoms with Crippen LogP contribution in [0.5, 0.6) is 0 Å². The summed E-state index contributed by atoms with van der Waals surface area (Å²) in [6.07, 6.45) is 10.2. The van der Waals surface area contributed by atoms with Crippen molar-refractivity contribution in [3.8, 4) is 0 Å². The first-order chi connectivity index (χ1) is 10.8. The van der Waals surface area contributed by atoms with Crippen LogP contribution in [0.4, 0.5) is 0 Å². The molecule has 0 aromatic carbocycles. The van der Waals surface area contributed by atoms with Gasteiger partial charge in [-0.3, -0.25) is 0 Å². The van der Waals surface area contributed by atoms with Gasteiger partial charge in [0.15, 0.2) is 0 Å². The van der Waals surface area contributed by atoms with Gasteiger partial charge in [-0.25, -0.2) is 0 Å². The van der Waals surface area contributed by atoms with Crippen LogP contribution in [-0.4, -0.2) is 62.2 Å². The summed E-state index contributed by atoms with van der Waals surface area (Å²) in [4.78, 5) is 5.40. The number of piperidine rings is 3. The van der Waals surface area contributed by atoms with Gasteiger partial charge in [-0.2, -0.15) is 0 Å². The highest BCUT2D eigenvalue weighted by Gasteiger charge is 2.26. The summed E-state index contributed by atoms with van der Waals surface area (Å²) >= 11 is 0. The fourth-order valence-electron chi connectivity index (χ4n) is 4.84.